The van der Waals surface area contributed by atoms with Gasteiger partial charge in [-0.25, -0.2) is 9.59 Å². The van der Waals surface area contributed by atoms with Crippen molar-refractivity contribution >= 4 is 35.1 Å². The number of hydrogen-bond acceptors (Lipinski definition) is 8. The number of hydrogen-bond donors (Lipinski definition) is 3. The fourth-order valence-electron chi connectivity index (χ4n) is 2.87. The second-order valence-electron chi connectivity index (χ2n) is 6.11. The van der Waals surface area contributed by atoms with Gasteiger partial charge in [-0.15, -0.1) is 10.1 Å². The minimum Gasteiger partial charge on any atom is -0.478 e. The lowest BCUT2D eigenvalue weighted by Gasteiger charge is -2.30. The van der Waals surface area contributed by atoms with Crippen LogP contribution in [0, 0.1) is 10.1 Å². The minimum atomic E-state index is -1.38. The molecule has 0 saturated heterocycles. The van der Waals surface area contributed by atoms with Crippen molar-refractivity contribution in [2.45, 2.75) is 25.9 Å². The second kappa shape index (κ2) is 9.01. The first-order valence-corrected chi connectivity index (χ1v) is 8.93. The largest absolute Gasteiger partial charge is 0.478 e. The van der Waals surface area contributed by atoms with Crippen molar-refractivity contribution in [3.05, 3.63) is 66.6 Å². The molecule has 0 fully saturated rings. The average molecular weight is 446 g/mol. The number of carbonyl (C=O) groups excluding carboxylic acids is 1. The molecule has 12 heteroatoms. The maximum Gasteiger partial charge on any atom is 0.336 e. The summed E-state index contributed by atoms with van der Waals surface area (Å²) in [6.45, 7) is 2.40. The molecule has 0 bridgehead atoms. The highest BCUT2D eigenvalue weighted by molar-refractivity contribution is 6.42. The van der Waals surface area contributed by atoms with E-state index in [1.807, 2.05) is 0 Å². The van der Waals surface area contributed by atoms with Crippen molar-refractivity contribution in [3.63, 3.8) is 0 Å². The number of allylic oxidation sites excluding steroid dienone is 1. The van der Waals surface area contributed by atoms with E-state index in [4.69, 9.17) is 33.7 Å². The number of aliphatic carboxylic acids is 1. The van der Waals surface area contributed by atoms with Crippen molar-refractivity contribution in [2.24, 2.45) is 5.73 Å². The number of ether oxygens (including phenoxy) is 1. The van der Waals surface area contributed by atoms with E-state index in [0.29, 0.717) is 0 Å². The molecule has 0 aromatic heterocycles. The number of halogens is 2. The Hall–Kier alpha value is -2.98. The van der Waals surface area contributed by atoms with Gasteiger partial charge in [-0.05, 0) is 25.5 Å². The van der Waals surface area contributed by atoms with Crippen molar-refractivity contribution in [1.82, 2.24) is 5.32 Å². The minimum absolute atomic E-state index is 0.0516. The third-order valence-electron chi connectivity index (χ3n) is 4.05. The van der Waals surface area contributed by atoms with Crippen molar-refractivity contribution in [1.29, 1.82) is 0 Å². The molecule has 1 heterocycles. The van der Waals surface area contributed by atoms with Crippen molar-refractivity contribution in [3.8, 4) is 0 Å². The fraction of sp³-hybridized carbons (Fsp3) is 0.294. The van der Waals surface area contributed by atoms with Crippen molar-refractivity contribution in [2.75, 3.05) is 6.61 Å². The Balaban J connectivity index is 2.48. The van der Waals surface area contributed by atoms with Crippen LogP contribution in [-0.2, 0) is 19.2 Å². The average Bonchev–Trinajstić information content (AvgIpc) is 2.60. The molecule has 29 heavy (non-hydrogen) atoms. The Morgan fingerprint density at radius 3 is 2.62 bits per heavy atom. The van der Waals surface area contributed by atoms with Gasteiger partial charge in [0, 0.05) is 5.70 Å². The van der Waals surface area contributed by atoms with Gasteiger partial charge in [-0.3, -0.25) is 0 Å². The molecule has 2 unspecified atom stereocenters. The molecule has 0 spiro atoms. The molecule has 0 amide bonds. The molecule has 2 rings (SSSR count). The molecule has 156 valence electrons. The standard InChI is InChI=1S/C17H17Cl2N3O7/c1-7(29-22(26)27)6-28-17(25)11-8(2)21-15(20)13(16(23)24)12(11)9-4-3-5-10(18)14(9)19/h3-5,7,12,21H,6,20H2,1-2H3,(H,23,24). The summed E-state index contributed by atoms with van der Waals surface area (Å²) in [4.78, 5) is 39.3. The number of nitrogens with one attached hydrogen (secondary N) is 1. The first kappa shape index (κ1) is 22.3. The van der Waals surface area contributed by atoms with Crippen LogP contribution in [0.5, 0.6) is 0 Å². The maximum absolute atomic E-state index is 12.8. The predicted octanol–water partition coefficient (Wildman–Crippen LogP) is 2.35. The number of rotatable bonds is 7. The van der Waals surface area contributed by atoms with E-state index in [1.54, 1.807) is 6.07 Å². The van der Waals surface area contributed by atoms with E-state index in [1.165, 1.54) is 26.0 Å². The predicted molar refractivity (Wildman–Crippen MR) is 102 cm³/mol. The number of dihydropyridines is 1. The van der Waals surface area contributed by atoms with Crippen LogP contribution < -0.4 is 11.1 Å². The third kappa shape index (κ3) is 4.90. The molecular formula is C17H17Cl2N3O7. The SMILES string of the molecule is CC1=C(C(=O)OCC(C)O[N+](=O)[O-])C(c2cccc(Cl)c2Cl)C(C(=O)O)=C(N)N1. The van der Waals surface area contributed by atoms with Crippen LogP contribution in [0.25, 0.3) is 0 Å². The van der Waals surface area contributed by atoms with E-state index in [0.717, 1.165) is 0 Å². The summed E-state index contributed by atoms with van der Waals surface area (Å²) < 4.78 is 5.10. The highest BCUT2D eigenvalue weighted by Gasteiger charge is 2.39. The molecule has 1 aliphatic rings. The molecule has 1 aromatic rings. The van der Waals surface area contributed by atoms with Crippen LogP contribution in [-0.4, -0.2) is 34.8 Å². The van der Waals surface area contributed by atoms with Crippen molar-refractivity contribution < 1.29 is 29.4 Å². The maximum atomic E-state index is 12.8. The zero-order valence-corrected chi connectivity index (χ0v) is 16.8. The first-order valence-electron chi connectivity index (χ1n) is 8.17. The van der Waals surface area contributed by atoms with E-state index in [-0.39, 0.29) is 38.3 Å². The summed E-state index contributed by atoms with van der Waals surface area (Å²) in [7, 11) is 0. The quantitative estimate of drug-likeness (QED) is 0.325. The molecular weight excluding hydrogens is 429 g/mol. The number of nitrogens with two attached hydrogens (primary N) is 1. The van der Waals surface area contributed by atoms with E-state index in [9.17, 15) is 24.8 Å². The Morgan fingerprint density at radius 1 is 1.38 bits per heavy atom. The molecule has 1 aromatic carbocycles. The Morgan fingerprint density at radius 2 is 2.03 bits per heavy atom. The van der Waals surface area contributed by atoms with Gasteiger partial charge in [0.05, 0.1) is 27.1 Å². The van der Waals surface area contributed by atoms with E-state index < -0.39 is 35.7 Å². The summed E-state index contributed by atoms with van der Waals surface area (Å²) in [6.07, 6.45) is -1.03. The summed E-state index contributed by atoms with van der Waals surface area (Å²) in [5, 5.41) is 21.9. The van der Waals surface area contributed by atoms with Crippen LogP contribution in [0.2, 0.25) is 10.0 Å². The van der Waals surface area contributed by atoms with Gasteiger partial charge in [-0.2, -0.15) is 0 Å². The third-order valence-corrected chi connectivity index (χ3v) is 4.89. The highest BCUT2D eigenvalue weighted by atomic mass is 35.5. The smallest absolute Gasteiger partial charge is 0.336 e. The monoisotopic (exact) mass is 445 g/mol. The van der Waals surface area contributed by atoms with Gasteiger partial charge in [0.1, 0.15) is 18.5 Å². The summed E-state index contributed by atoms with van der Waals surface area (Å²) in [5.41, 5.74) is 5.94. The molecule has 1 aliphatic heterocycles. The molecule has 0 aliphatic carbocycles. The number of nitrogens with zero attached hydrogens (tertiary/aromatic N) is 1. The van der Waals surface area contributed by atoms with E-state index in [2.05, 4.69) is 10.2 Å². The molecule has 10 nitrogen and oxygen atoms in total. The summed E-state index contributed by atoms with van der Waals surface area (Å²) in [5.74, 6) is -3.64. The zero-order chi connectivity index (χ0) is 21.9. The molecule has 2 atom stereocenters. The number of carboxylic acids is 1. The molecule has 4 N–H and O–H groups in total. The molecule has 0 radical (unpaired) electrons. The number of carboxylic acid groups (broad SMARTS) is 1. The zero-order valence-electron chi connectivity index (χ0n) is 15.3. The Bertz CT molecular complexity index is 930. The van der Waals surface area contributed by atoms with Crippen LogP contribution in [0.1, 0.15) is 25.3 Å². The number of carbonyl (C=O) groups is 2. The summed E-state index contributed by atoms with van der Waals surface area (Å²) in [6, 6.07) is 4.57. The first-order chi connectivity index (χ1) is 13.5. The Kier molecular flexibility index (Phi) is 6.93. The van der Waals surface area contributed by atoms with E-state index >= 15 is 0 Å². The van der Waals surface area contributed by atoms with Crippen LogP contribution in [0.3, 0.4) is 0 Å². The lowest BCUT2D eigenvalue weighted by molar-refractivity contribution is -0.767. The number of esters is 1. The highest BCUT2D eigenvalue weighted by Crippen LogP contribution is 2.42. The van der Waals surface area contributed by atoms with Gasteiger partial charge in [0.2, 0.25) is 0 Å². The second-order valence-corrected chi connectivity index (χ2v) is 6.90. The Labute approximate surface area is 175 Å². The van der Waals surface area contributed by atoms with Gasteiger partial charge in [-0.1, -0.05) is 35.3 Å². The fourth-order valence-corrected chi connectivity index (χ4v) is 3.28. The van der Waals surface area contributed by atoms with Crippen LogP contribution >= 0.6 is 23.2 Å². The normalized spacial score (nSPS) is 17.4. The van der Waals surface area contributed by atoms with Crippen LogP contribution in [0.15, 0.2) is 40.9 Å². The molecule has 0 saturated carbocycles. The van der Waals surface area contributed by atoms with Gasteiger partial charge >= 0.3 is 11.9 Å². The van der Waals surface area contributed by atoms with Gasteiger partial charge in [0.15, 0.2) is 0 Å². The lowest BCUT2D eigenvalue weighted by Crippen LogP contribution is -2.36. The topological polar surface area (TPSA) is 154 Å². The lowest BCUT2D eigenvalue weighted by atomic mass is 9.81. The number of benzene rings is 1. The van der Waals surface area contributed by atoms with Gasteiger partial charge in [0.25, 0.3) is 5.09 Å². The van der Waals surface area contributed by atoms with Crippen LogP contribution in [0.4, 0.5) is 0 Å². The summed E-state index contributed by atoms with van der Waals surface area (Å²) >= 11 is 12.3. The van der Waals surface area contributed by atoms with Gasteiger partial charge < -0.3 is 25.7 Å².